The van der Waals surface area contributed by atoms with Gasteiger partial charge in [-0.3, -0.25) is 4.98 Å². The molecule has 0 aliphatic rings. The molecule has 1 N–H and O–H groups in total. The molecule has 0 saturated heterocycles. The van der Waals surface area contributed by atoms with E-state index >= 15 is 0 Å². The average molecular weight is 264 g/mol. The minimum atomic E-state index is 0.735. The van der Waals surface area contributed by atoms with Gasteiger partial charge in [0.25, 0.3) is 0 Å². The quantitative estimate of drug-likeness (QED) is 0.651. The molecule has 0 radical (unpaired) electrons. The highest BCUT2D eigenvalue weighted by Gasteiger charge is 1.96. The molecule has 2 nitrogen and oxygen atoms in total. The average Bonchev–Trinajstić information content (AvgIpc) is 2.15. The Balaban J connectivity index is 2.32. The molecule has 1 rings (SSSR count). The van der Waals surface area contributed by atoms with Crippen molar-refractivity contribution in [3.8, 4) is 0 Å². The van der Waals surface area contributed by atoms with E-state index in [1.165, 1.54) is 0 Å². The minimum absolute atomic E-state index is 0.735. The standard InChI is InChI=1S/C9H12BrClN2/c10-8-7-12-6-3-9(8)13-5-2-1-4-11/h3,6-7H,1-2,4-5H2,(H,12,13). The van der Waals surface area contributed by atoms with Crippen LogP contribution in [0.1, 0.15) is 12.8 Å². The van der Waals surface area contributed by atoms with E-state index in [2.05, 4.69) is 26.2 Å². The topological polar surface area (TPSA) is 24.9 Å². The molecule has 4 heteroatoms. The minimum Gasteiger partial charge on any atom is -0.384 e. The molecule has 0 bridgehead atoms. The Hall–Kier alpha value is -0.280. The smallest absolute Gasteiger partial charge is 0.0590 e. The van der Waals surface area contributed by atoms with Gasteiger partial charge in [-0.25, -0.2) is 0 Å². The molecule has 13 heavy (non-hydrogen) atoms. The number of halogens is 2. The molecule has 0 amide bonds. The van der Waals surface area contributed by atoms with Gasteiger partial charge < -0.3 is 5.32 Å². The van der Waals surface area contributed by atoms with Gasteiger partial charge in [0.1, 0.15) is 0 Å². The molecule has 0 aromatic carbocycles. The van der Waals surface area contributed by atoms with Crippen LogP contribution in [0.15, 0.2) is 22.9 Å². The van der Waals surface area contributed by atoms with Gasteiger partial charge in [0, 0.05) is 24.8 Å². The number of hydrogen-bond donors (Lipinski definition) is 1. The number of hydrogen-bond acceptors (Lipinski definition) is 2. The van der Waals surface area contributed by atoms with E-state index < -0.39 is 0 Å². The number of alkyl halides is 1. The Bertz CT molecular complexity index is 255. The second-order valence-electron chi connectivity index (χ2n) is 2.68. The number of rotatable bonds is 5. The van der Waals surface area contributed by atoms with E-state index in [1.54, 1.807) is 12.4 Å². The van der Waals surface area contributed by atoms with Crippen LogP contribution in [0.3, 0.4) is 0 Å². The van der Waals surface area contributed by atoms with Gasteiger partial charge in [-0.1, -0.05) is 0 Å². The lowest BCUT2D eigenvalue weighted by atomic mass is 10.3. The van der Waals surface area contributed by atoms with Crippen LogP contribution < -0.4 is 5.32 Å². The fourth-order valence-electron chi connectivity index (χ4n) is 0.961. The lowest BCUT2D eigenvalue weighted by Gasteiger charge is -2.06. The third kappa shape index (κ3) is 3.96. The van der Waals surface area contributed by atoms with Crippen LogP contribution in [0.5, 0.6) is 0 Å². The van der Waals surface area contributed by atoms with Crippen molar-refractivity contribution in [3.63, 3.8) is 0 Å². The van der Waals surface area contributed by atoms with Crippen molar-refractivity contribution in [2.24, 2.45) is 0 Å². The Kier molecular flexibility index (Phi) is 5.16. The molecule has 0 aliphatic carbocycles. The van der Waals surface area contributed by atoms with Crippen LogP contribution in [0.4, 0.5) is 5.69 Å². The van der Waals surface area contributed by atoms with Crippen molar-refractivity contribution in [2.45, 2.75) is 12.8 Å². The summed E-state index contributed by atoms with van der Waals surface area (Å²) in [6, 6.07) is 1.95. The molecule has 0 unspecified atom stereocenters. The molecule has 1 heterocycles. The van der Waals surface area contributed by atoms with Crippen LogP contribution in [0.25, 0.3) is 0 Å². The first-order valence-electron chi connectivity index (χ1n) is 4.24. The Morgan fingerprint density at radius 1 is 1.46 bits per heavy atom. The molecule has 0 fully saturated rings. The summed E-state index contributed by atoms with van der Waals surface area (Å²) in [4.78, 5) is 3.98. The first kappa shape index (κ1) is 10.8. The monoisotopic (exact) mass is 262 g/mol. The van der Waals surface area contributed by atoms with Gasteiger partial charge in [-0.2, -0.15) is 0 Å². The van der Waals surface area contributed by atoms with Crippen molar-refractivity contribution in [2.75, 3.05) is 17.7 Å². The number of unbranched alkanes of at least 4 members (excludes halogenated alkanes) is 1. The van der Waals surface area contributed by atoms with Gasteiger partial charge in [0.05, 0.1) is 10.2 Å². The summed E-state index contributed by atoms with van der Waals surface area (Å²) in [5.41, 5.74) is 1.09. The summed E-state index contributed by atoms with van der Waals surface area (Å²) in [6.07, 6.45) is 5.70. The van der Waals surface area contributed by atoms with Crippen molar-refractivity contribution < 1.29 is 0 Å². The van der Waals surface area contributed by atoms with Crippen LogP contribution in [0, 0.1) is 0 Å². The van der Waals surface area contributed by atoms with Gasteiger partial charge >= 0.3 is 0 Å². The highest BCUT2D eigenvalue weighted by molar-refractivity contribution is 9.10. The zero-order valence-corrected chi connectivity index (χ0v) is 9.61. The first-order chi connectivity index (χ1) is 6.34. The number of nitrogens with one attached hydrogen (secondary N) is 1. The fourth-order valence-corrected chi connectivity index (χ4v) is 1.54. The van der Waals surface area contributed by atoms with Crippen molar-refractivity contribution in [3.05, 3.63) is 22.9 Å². The normalized spacial score (nSPS) is 10.0. The molecule has 0 spiro atoms. The summed E-state index contributed by atoms with van der Waals surface area (Å²) in [5, 5.41) is 3.30. The van der Waals surface area contributed by atoms with E-state index in [-0.39, 0.29) is 0 Å². The highest BCUT2D eigenvalue weighted by Crippen LogP contribution is 2.19. The number of aromatic nitrogens is 1. The predicted octanol–water partition coefficient (Wildman–Crippen LogP) is 3.28. The maximum absolute atomic E-state index is 5.57. The van der Waals surface area contributed by atoms with Crippen molar-refractivity contribution >= 4 is 33.2 Å². The van der Waals surface area contributed by atoms with Gasteiger partial charge in [0.15, 0.2) is 0 Å². The number of pyridine rings is 1. The zero-order valence-electron chi connectivity index (χ0n) is 7.26. The van der Waals surface area contributed by atoms with E-state index in [1.807, 2.05) is 6.07 Å². The van der Waals surface area contributed by atoms with E-state index in [4.69, 9.17) is 11.6 Å². The van der Waals surface area contributed by atoms with Gasteiger partial charge in [0.2, 0.25) is 0 Å². The third-order valence-corrected chi connectivity index (χ3v) is 2.55. The molecular formula is C9H12BrClN2. The summed E-state index contributed by atoms with van der Waals surface area (Å²) in [7, 11) is 0. The Labute approximate surface area is 91.8 Å². The zero-order chi connectivity index (χ0) is 9.52. The summed E-state index contributed by atoms with van der Waals surface area (Å²) in [6.45, 7) is 0.954. The van der Waals surface area contributed by atoms with Crippen LogP contribution in [-0.2, 0) is 0 Å². The lowest BCUT2D eigenvalue weighted by Crippen LogP contribution is -2.02. The summed E-state index contributed by atoms with van der Waals surface area (Å²) < 4.78 is 1.00. The lowest BCUT2D eigenvalue weighted by molar-refractivity contribution is 0.839. The molecule has 0 saturated carbocycles. The summed E-state index contributed by atoms with van der Waals surface area (Å²) >= 11 is 8.98. The van der Waals surface area contributed by atoms with E-state index in [0.717, 1.165) is 35.4 Å². The second-order valence-corrected chi connectivity index (χ2v) is 3.91. The first-order valence-corrected chi connectivity index (χ1v) is 5.56. The predicted molar refractivity (Wildman–Crippen MR) is 60.4 cm³/mol. The molecule has 1 aromatic rings. The highest BCUT2D eigenvalue weighted by atomic mass is 79.9. The van der Waals surface area contributed by atoms with Crippen LogP contribution in [-0.4, -0.2) is 17.4 Å². The number of anilines is 1. The third-order valence-electron chi connectivity index (χ3n) is 1.65. The van der Waals surface area contributed by atoms with E-state index in [0.29, 0.717) is 0 Å². The van der Waals surface area contributed by atoms with Crippen LogP contribution in [0.2, 0.25) is 0 Å². The summed E-state index contributed by atoms with van der Waals surface area (Å²) in [5.74, 6) is 0.735. The van der Waals surface area contributed by atoms with Gasteiger partial charge in [-0.15, -0.1) is 11.6 Å². The van der Waals surface area contributed by atoms with Gasteiger partial charge in [-0.05, 0) is 34.8 Å². The maximum atomic E-state index is 5.57. The molecule has 1 aromatic heterocycles. The largest absolute Gasteiger partial charge is 0.384 e. The van der Waals surface area contributed by atoms with Crippen molar-refractivity contribution in [1.82, 2.24) is 4.98 Å². The Morgan fingerprint density at radius 3 is 3.00 bits per heavy atom. The molecule has 0 atom stereocenters. The second kappa shape index (κ2) is 6.22. The molecule has 0 aliphatic heterocycles. The van der Waals surface area contributed by atoms with Crippen molar-refractivity contribution in [1.29, 1.82) is 0 Å². The molecular weight excluding hydrogens is 251 g/mol. The SMILES string of the molecule is ClCCCCNc1ccncc1Br. The van der Waals surface area contributed by atoms with E-state index in [9.17, 15) is 0 Å². The fraction of sp³-hybridized carbons (Fsp3) is 0.444. The Morgan fingerprint density at radius 2 is 2.31 bits per heavy atom. The maximum Gasteiger partial charge on any atom is 0.0590 e. The number of nitrogens with zero attached hydrogens (tertiary/aromatic N) is 1. The van der Waals surface area contributed by atoms with Crippen LogP contribution >= 0.6 is 27.5 Å². The molecule has 72 valence electrons.